The zero-order valence-electron chi connectivity index (χ0n) is 9.26. The van der Waals surface area contributed by atoms with Gasteiger partial charge in [-0.15, -0.1) is 0 Å². The molecule has 0 bridgehead atoms. The molecule has 0 amide bonds. The predicted molar refractivity (Wildman–Crippen MR) is 59.4 cm³/mol. The second kappa shape index (κ2) is 4.20. The highest BCUT2D eigenvalue weighted by Gasteiger charge is 2.40. The third kappa shape index (κ3) is 2.61. The molecule has 1 heterocycles. The van der Waals surface area contributed by atoms with Crippen molar-refractivity contribution in [3.05, 3.63) is 0 Å². The Kier molecular flexibility index (Phi) is 3.66. The van der Waals surface area contributed by atoms with E-state index in [-0.39, 0.29) is 0 Å². The molecule has 0 spiro atoms. The van der Waals surface area contributed by atoms with Crippen molar-refractivity contribution in [3.8, 4) is 0 Å². The quantitative estimate of drug-likeness (QED) is 0.754. The number of hydrogen-bond donors (Lipinski definition) is 1. The SMILES string of the molecule is COC(C)C(C)NC1CSC1(C)C. The highest BCUT2D eigenvalue weighted by Crippen LogP contribution is 2.40. The summed E-state index contributed by atoms with van der Waals surface area (Å²) in [4.78, 5) is 0. The second-order valence-electron chi connectivity index (χ2n) is 4.36. The molecule has 0 aliphatic carbocycles. The van der Waals surface area contributed by atoms with Crippen LogP contribution in [0.4, 0.5) is 0 Å². The smallest absolute Gasteiger partial charge is 0.0693 e. The molecule has 0 radical (unpaired) electrons. The molecule has 1 N–H and O–H groups in total. The molecule has 1 fully saturated rings. The average molecular weight is 203 g/mol. The Balaban J connectivity index is 2.32. The third-order valence-electron chi connectivity index (χ3n) is 3.00. The van der Waals surface area contributed by atoms with Crippen molar-refractivity contribution in [3.63, 3.8) is 0 Å². The first-order valence-electron chi connectivity index (χ1n) is 4.90. The van der Waals surface area contributed by atoms with E-state index in [1.165, 1.54) is 5.75 Å². The Hall–Kier alpha value is 0.270. The van der Waals surface area contributed by atoms with Crippen LogP contribution in [0.5, 0.6) is 0 Å². The maximum Gasteiger partial charge on any atom is 0.0693 e. The monoisotopic (exact) mass is 203 g/mol. The Morgan fingerprint density at radius 2 is 2.08 bits per heavy atom. The molecule has 78 valence electrons. The zero-order valence-corrected chi connectivity index (χ0v) is 10.1. The molecule has 1 aliphatic heterocycles. The predicted octanol–water partition coefficient (Wildman–Crippen LogP) is 1.89. The lowest BCUT2D eigenvalue weighted by Gasteiger charge is -2.46. The van der Waals surface area contributed by atoms with E-state index in [1.54, 1.807) is 7.11 Å². The Bertz CT molecular complexity index is 172. The van der Waals surface area contributed by atoms with Crippen LogP contribution in [0.3, 0.4) is 0 Å². The van der Waals surface area contributed by atoms with E-state index < -0.39 is 0 Å². The molecule has 1 aliphatic rings. The van der Waals surface area contributed by atoms with E-state index in [0.29, 0.717) is 22.9 Å². The summed E-state index contributed by atoms with van der Waals surface area (Å²) in [5.74, 6) is 1.23. The first-order chi connectivity index (χ1) is 5.97. The van der Waals surface area contributed by atoms with Crippen LogP contribution in [-0.4, -0.2) is 35.8 Å². The van der Waals surface area contributed by atoms with E-state index in [2.05, 4.69) is 33.0 Å². The van der Waals surface area contributed by atoms with E-state index in [9.17, 15) is 0 Å². The summed E-state index contributed by atoms with van der Waals surface area (Å²) in [5, 5.41) is 3.61. The molecule has 3 atom stereocenters. The van der Waals surface area contributed by atoms with Crippen molar-refractivity contribution in [1.29, 1.82) is 0 Å². The molecule has 13 heavy (non-hydrogen) atoms. The van der Waals surface area contributed by atoms with E-state index in [4.69, 9.17) is 4.74 Å². The molecule has 0 aromatic carbocycles. The summed E-state index contributed by atoms with van der Waals surface area (Å²) in [7, 11) is 1.77. The van der Waals surface area contributed by atoms with Crippen LogP contribution in [0.1, 0.15) is 27.7 Å². The first kappa shape index (κ1) is 11.3. The highest BCUT2D eigenvalue weighted by molar-refractivity contribution is 8.02. The zero-order chi connectivity index (χ0) is 10.1. The molecule has 0 aromatic heterocycles. The van der Waals surface area contributed by atoms with Gasteiger partial charge in [-0.25, -0.2) is 0 Å². The van der Waals surface area contributed by atoms with Gasteiger partial charge < -0.3 is 10.1 Å². The van der Waals surface area contributed by atoms with Crippen LogP contribution in [0.25, 0.3) is 0 Å². The van der Waals surface area contributed by atoms with Gasteiger partial charge in [0.15, 0.2) is 0 Å². The number of methoxy groups -OCH3 is 1. The number of ether oxygens (including phenoxy) is 1. The van der Waals surface area contributed by atoms with Gasteiger partial charge in [-0.1, -0.05) is 0 Å². The van der Waals surface area contributed by atoms with Crippen LogP contribution >= 0.6 is 11.8 Å². The molecular formula is C10H21NOS. The lowest BCUT2D eigenvalue weighted by atomic mass is 10.0. The number of thioether (sulfide) groups is 1. The summed E-state index contributed by atoms with van der Waals surface area (Å²) in [5.41, 5.74) is 0. The summed E-state index contributed by atoms with van der Waals surface area (Å²) in [6.45, 7) is 8.88. The van der Waals surface area contributed by atoms with Gasteiger partial charge in [-0.05, 0) is 27.7 Å². The molecular weight excluding hydrogens is 182 g/mol. The summed E-state index contributed by atoms with van der Waals surface area (Å²) in [6, 6.07) is 1.08. The van der Waals surface area contributed by atoms with Gasteiger partial charge in [0.1, 0.15) is 0 Å². The number of nitrogens with one attached hydrogen (secondary N) is 1. The molecule has 3 unspecified atom stereocenters. The lowest BCUT2D eigenvalue weighted by molar-refractivity contribution is 0.0831. The van der Waals surface area contributed by atoms with Gasteiger partial charge in [-0.3, -0.25) is 0 Å². The minimum absolute atomic E-state index is 0.293. The van der Waals surface area contributed by atoms with Gasteiger partial charge in [0, 0.05) is 29.7 Å². The van der Waals surface area contributed by atoms with Crippen molar-refractivity contribution >= 4 is 11.8 Å². The summed E-state index contributed by atoms with van der Waals surface area (Å²) < 4.78 is 5.68. The van der Waals surface area contributed by atoms with E-state index in [1.807, 2.05) is 11.8 Å². The number of hydrogen-bond acceptors (Lipinski definition) is 3. The van der Waals surface area contributed by atoms with Gasteiger partial charge >= 0.3 is 0 Å². The molecule has 2 nitrogen and oxygen atoms in total. The lowest BCUT2D eigenvalue weighted by Crippen LogP contribution is -2.58. The van der Waals surface area contributed by atoms with Crippen LogP contribution in [0, 0.1) is 0 Å². The molecule has 1 rings (SSSR count). The summed E-state index contributed by atoms with van der Waals surface area (Å²) >= 11 is 2.03. The minimum Gasteiger partial charge on any atom is -0.380 e. The minimum atomic E-state index is 0.293. The van der Waals surface area contributed by atoms with Crippen LogP contribution in [0.2, 0.25) is 0 Å². The maximum atomic E-state index is 5.28. The van der Waals surface area contributed by atoms with Crippen molar-refractivity contribution in [1.82, 2.24) is 5.32 Å². The van der Waals surface area contributed by atoms with E-state index in [0.717, 1.165) is 0 Å². The molecule has 3 heteroatoms. The molecule has 1 saturated heterocycles. The van der Waals surface area contributed by atoms with Crippen molar-refractivity contribution in [2.45, 2.75) is 50.6 Å². The molecule has 0 aromatic rings. The Morgan fingerprint density at radius 1 is 1.46 bits per heavy atom. The average Bonchev–Trinajstić information content (AvgIpc) is 2.10. The Morgan fingerprint density at radius 3 is 2.38 bits per heavy atom. The fourth-order valence-electron chi connectivity index (χ4n) is 1.41. The third-order valence-corrected chi connectivity index (χ3v) is 4.53. The van der Waals surface area contributed by atoms with Crippen molar-refractivity contribution in [2.75, 3.05) is 12.9 Å². The van der Waals surface area contributed by atoms with Gasteiger partial charge in [-0.2, -0.15) is 11.8 Å². The largest absolute Gasteiger partial charge is 0.380 e. The Labute approximate surface area is 85.8 Å². The molecule has 0 saturated carbocycles. The fourth-order valence-corrected chi connectivity index (χ4v) is 2.57. The number of rotatable bonds is 4. The van der Waals surface area contributed by atoms with E-state index >= 15 is 0 Å². The fraction of sp³-hybridized carbons (Fsp3) is 1.00. The van der Waals surface area contributed by atoms with Gasteiger partial charge in [0.05, 0.1) is 6.10 Å². The van der Waals surface area contributed by atoms with Crippen LogP contribution in [-0.2, 0) is 4.74 Å². The first-order valence-corrected chi connectivity index (χ1v) is 5.88. The standard InChI is InChI=1S/C10H21NOS/c1-7(8(2)12-5)11-9-6-13-10(9,3)4/h7-9,11H,6H2,1-5H3. The van der Waals surface area contributed by atoms with Crippen LogP contribution in [0.15, 0.2) is 0 Å². The van der Waals surface area contributed by atoms with Gasteiger partial charge in [0.25, 0.3) is 0 Å². The van der Waals surface area contributed by atoms with Gasteiger partial charge in [0.2, 0.25) is 0 Å². The van der Waals surface area contributed by atoms with Crippen molar-refractivity contribution in [2.24, 2.45) is 0 Å². The second-order valence-corrected chi connectivity index (χ2v) is 6.04. The maximum absolute atomic E-state index is 5.28. The topological polar surface area (TPSA) is 21.3 Å². The van der Waals surface area contributed by atoms with Crippen molar-refractivity contribution < 1.29 is 4.74 Å². The summed E-state index contributed by atoms with van der Waals surface area (Å²) in [6.07, 6.45) is 0.293. The highest BCUT2D eigenvalue weighted by atomic mass is 32.2. The van der Waals surface area contributed by atoms with Crippen LogP contribution < -0.4 is 5.32 Å². The normalized spacial score (nSPS) is 30.7.